The van der Waals surface area contributed by atoms with Gasteiger partial charge in [-0.3, -0.25) is 9.59 Å². The van der Waals surface area contributed by atoms with Gasteiger partial charge < -0.3 is 10.6 Å². The summed E-state index contributed by atoms with van der Waals surface area (Å²) in [6.45, 7) is 6.22. The SMILES string of the molecule is CC(C)(C)C(=O)N1CCCC1C(N)=O. The molecule has 1 aliphatic heterocycles. The Morgan fingerprint density at radius 1 is 1.36 bits per heavy atom. The van der Waals surface area contributed by atoms with E-state index >= 15 is 0 Å². The van der Waals surface area contributed by atoms with E-state index in [0.29, 0.717) is 13.0 Å². The molecule has 2 amide bonds. The number of nitrogens with two attached hydrogens (primary N) is 1. The van der Waals surface area contributed by atoms with Crippen molar-refractivity contribution in [2.45, 2.75) is 39.7 Å². The minimum absolute atomic E-state index is 0.0128. The molecule has 0 radical (unpaired) electrons. The molecule has 1 rings (SSSR count). The topological polar surface area (TPSA) is 63.4 Å². The smallest absolute Gasteiger partial charge is 0.240 e. The summed E-state index contributed by atoms with van der Waals surface area (Å²) >= 11 is 0. The third-order valence-corrected chi connectivity index (χ3v) is 2.48. The molecule has 1 atom stereocenters. The van der Waals surface area contributed by atoms with E-state index in [-0.39, 0.29) is 17.9 Å². The van der Waals surface area contributed by atoms with Gasteiger partial charge in [-0.15, -0.1) is 0 Å². The second-order valence-corrected chi connectivity index (χ2v) is 4.81. The second-order valence-electron chi connectivity index (χ2n) is 4.81. The summed E-state index contributed by atoms with van der Waals surface area (Å²) < 4.78 is 0. The van der Waals surface area contributed by atoms with Crippen LogP contribution in [0.15, 0.2) is 0 Å². The van der Waals surface area contributed by atoms with Crippen molar-refractivity contribution in [2.24, 2.45) is 11.1 Å². The first-order chi connectivity index (χ1) is 6.34. The van der Waals surface area contributed by atoms with E-state index in [1.54, 1.807) is 4.90 Å². The monoisotopic (exact) mass is 198 g/mol. The predicted octanol–water partition coefficient (Wildman–Crippen LogP) is 0.509. The third kappa shape index (κ3) is 2.05. The average molecular weight is 198 g/mol. The van der Waals surface area contributed by atoms with Crippen molar-refractivity contribution in [2.75, 3.05) is 6.54 Å². The van der Waals surface area contributed by atoms with Crippen LogP contribution in [0.1, 0.15) is 33.6 Å². The zero-order valence-electron chi connectivity index (χ0n) is 9.04. The minimum atomic E-state index is -0.432. The number of primary amides is 1. The van der Waals surface area contributed by atoms with Crippen LogP contribution in [0.2, 0.25) is 0 Å². The molecule has 1 unspecified atom stereocenters. The van der Waals surface area contributed by atoms with Crippen LogP contribution in [-0.4, -0.2) is 29.3 Å². The first-order valence-electron chi connectivity index (χ1n) is 4.94. The number of likely N-dealkylation sites (tertiary alicyclic amines) is 1. The maximum atomic E-state index is 11.9. The van der Waals surface area contributed by atoms with Crippen LogP contribution >= 0.6 is 0 Å². The molecule has 0 spiro atoms. The van der Waals surface area contributed by atoms with Gasteiger partial charge in [0.2, 0.25) is 11.8 Å². The van der Waals surface area contributed by atoms with Crippen LogP contribution in [-0.2, 0) is 9.59 Å². The predicted molar refractivity (Wildman–Crippen MR) is 53.4 cm³/mol. The van der Waals surface area contributed by atoms with Gasteiger partial charge in [0.15, 0.2) is 0 Å². The van der Waals surface area contributed by atoms with Crippen molar-refractivity contribution in [3.05, 3.63) is 0 Å². The van der Waals surface area contributed by atoms with E-state index < -0.39 is 5.41 Å². The molecule has 4 nitrogen and oxygen atoms in total. The minimum Gasteiger partial charge on any atom is -0.368 e. The van der Waals surface area contributed by atoms with Crippen LogP contribution in [0.4, 0.5) is 0 Å². The number of amides is 2. The lowest BCUT2D eigenvalue weighted by molar-refractivity contribution is -0.143. The number of nitrogens with zero attached hydrogens (tertiary/aromatic N) is 1. The molecule has 0 bridgehead atoms. The molecule has 14 heavy (non-hydrogen) atoms. The Morgan fingerprint density at radius 2 is 1.93 bits per heavy atom. The van der Waals surface area contributed by atoms with Crippen LogP contribution in [0.25, 0.3) is 0 Å². The van der Waals surface area contributed by atoms with Crippen LogP contribution in [0.5, 0.6) is 0 Å². The zero-order valence-corrected chi connectivity index (χ0v) is 9.04. The summed E-state index contributed by atoms with van der Waals surface area (Å²) in [5.74, 6) is -0.376. The second kappa shape index (κ2) is 3.59. The van der Waals surface area contributed by atoms with Gasteiger partial charge >= 0.3 is 0 Å². The Balaban J connectivity index is 2.77. The summed E-state index contributed by atoms with van der Waals surface area (Å²) in [5, 5.41) is 0. The number of hydrogen-bond donors (Lipinski definition) is 1. The Labute approximate surface area is 84.4 Å². The van der Waals surface area contributed by atoms with Gasteiger partial charge in [-0.25, -0.2) is 0 Å². The van der Waals surface area contributed by atoms with Gasteiger partial charge in [-0.2, -0.15) is 0 Å². The van der Waals surface area contributed by atoms with Gasteiger partial charge in [-0.1, -0.05) is 20.8 Å². The molecule has 1 heterocycles. The van der Waals surface area contributed by atoms with E-state index in [1.165, 1.54) is 0 Å². The first kappa shape index (κ1) is 11.0. The Kier molecular flexibility index (Phi) is 2.83. The summed E-state index contributed by atoms with van der Waals surface area (Å²) in [5.41, 5.74) is 4.80. The Hall–Kier alpha value is -1.06. The van der Waals surface area contributed by atoms with Crippen LogP contribution in [0, 0.1) is 5.41 Å². The van der Waals surface area contributed by atoms with E-state index in [4.69, 9.17) is 5.73 Å². The van der Waals surface area contributed by atoms with Crippen molar-refractivity contribution >= 4 is 11.8 Å². The molecule has 0 aromatic rings. The van der Waals surface area contributed by atoms with E-state index in [1.807, 2.05) is 20.8 Å². The lowest BCUT2D eigenvalue weighted by Crippen LogP contribution is -2.47. The third-order valence-electron chi connectivity index (χ3n) is 2.48. The normalized spacial score (nSPS) is 22.5. The summed E-state index contributed by atoms with van der Waals surface area (Å²) in [4.78, 5) is 24.6. The Morgan fingerprint density at radius 3 is 2.36 bits per heavy atom. The van der Waals surface area contributed by atoms with Gasteiger partial charge in [0.05, 0.1) is 0 Å². The lowest BCUT2D eigenvalue weighted by atomic mass is 9.94. The van der Waals surface area contributed by atoms with Crippen molar-refractivity contribution in [1.29, 1.82) is 0 Å². The maximum Gasteiger partial charge on any atom is 0.240 e. The van der Waals surface area contributed by atoms with Crippen molar-refractivity contribution in [3.8, 4) is 0 Å². The maximum absolute atomic E-state index is 11.9. The van der Waals surface area contributed by atoms with Crippen molar-refractivity contribution < 1.29 is 9.59 Å². The highest BCUT2D eigenvalue weighted by Gasteiger charge is 2.37. The van der Waals surface area contributed by atoms with Gasteiger partial charge in [-0.05, 0) is 12.8 Å². The van der Waals surface area contributed by atoms with Gasteiger partial charge in [0.25, 0.3) is 0 Å². The molecular formula is C10H18N2O2. The lowest BCUT2D eigenvalue weighted by Gasteiger charge is -2.29. The van der Waals surface area contributed by atoms with Crippen LogP contribution in [0.3, 0.4) is 0 Å². The van der Waals surface area contributed by atoms with Gasteiger partial charge in [0.1, 0.15) is 6.04 Å². The number of hydrogen-bond acceptors (Lipinski definition) is 2. The largest absolute Gasteiger partial charge is 0.368 e. The van der Waals surface area contributed by atoms with Crippen molar-refractivity contribution in [1.82, 2.24) is 4.90 Å². The quantitative estimate of drug-likeness (QED) is 0.667. The number of carbonyl (C=O) groups excluding carboxylic acids is 2. The van der Waals surface area contributed by atoms with E-state index in [0.717, 1.165) is 6.42 Å². The van der Waals surface area contributed by atoms with Gasteiger partial charge in [0, 0.05) is 12.0 Å². The molecule has 0 saturated carbocycles. The molecule has 1 saturated heterocycles. The summed E-state index contributed by atoms with van der Waals surface area (Å²) in [7, 11) is 0. The van der Waals surface area contributed by atoms with E-state index in [9.17, 15) is 9.59 Å². The molecule has 1 fully saturated rings. The molecule has 0 aromatic carbocycles. The van der Waals surface area contributed by atoms with E-state index in [2.05, 4.69) is 0 Å². The highest BCUT2D eigenvalue weighted by atomic mass is 16.2. The summed E-state index contributed by atoms with van der Waals surface area (Å²) in [6.07, 6.45) is 1.58. The molecular weight excluding hydrogens is 180 g/mol. The molecule has 0 aromatic heterocycles. The first-order valence-corrected chi connectivity index (χ1v) is 4.94. The average Bonchev–Trinajstić information content (AvgIpc) is 2.48. The number of carbonyl (C=O) groups is 2. The molecule has 1 aliphatic rings. The highest BCUT2D eigenvalue weighted by Crippen LogP contribution is 2.24. The molecule has 0 aliphatic carbocycles. The fraction of sp³-hybridized carbons (Fsp3) is 0.800. The number of rotatable bonds is 1. The fourth-order valence-corrected chi connectivity index (χ4v) is 1.74. The zero-order chi connectivity index (χ0) is 10.9. The highest BCUT2D eigenvalue weighted by molar-refractivity contribution is 5.89. The summed E-state index contributed by atoms with van der Waals surface area (Å²) in [6, 6.07) is -0.387. The molecule has 2 N–H and O–H groups in total. The standard InChI is InChI=1S/C10H18N2O2/c1-10(2,3)9(14)12-6-4-5-7(12)8(11)13/h7H,4-6H2,1-3H3,(H2,11,13). The molecule has 80 valence electrons. The fourth-order valence-electron chi connectivity index (χ4n) is 1.74. The van der Waals surface area contributed by atoms with Crippen LogP contribution < -0.4 is 5.73 Å². The van der Waals surface area contributed by atoms with Crippen molar-refractivity contribution in [3.63, 3.8) is 0 Å². The Bertz CT molecular complexity index is 255. The molecule has 4 heteroatoms.